The van der Waals surface area contributed by atoms with Gasteiger partial charge in [-0.15, -0.1) is 0 Å². The molecular formula is C30H21BrN4O3S2. The lowest BCUT2D eigenvalue weighted by Gasteiger charge is -2.26. The van der Waals surface area contributed by atoms with E-state index in [1.165, 1.54) is 23.9 Å². The minimum atomic E-state index is -0.397. The summed E-state index contributed by atoms with van der Waals surface area (Å²) in [5.74, 6) is 1.54. The maximum atomic E-state index is 11.0. The lowest BCUT2D eigenvalue weighted by Crippen LogP contribution is -2.29. The van der Waals surface area contributed by atoms with E-state index in [1.54, 1.807) is 18.3 Å². The van der Waals surface area contributed by atoms with E-state index in [0.717, 1.165) is 42.7 Å². The first-order valence-corrected chi connectivity index (χ1v) is 14.4. The molecule has 0 radical (unpaired) electrons. The average Bonchev–Trinajstić information content (AvgIpc) is 3.59. The quantitative estimate of drug-likeness (QED) is 0.109. The van der Waals surface area contributed by atoms with Crippen molar-refractivity contribution in [3.63, 3.8) is 0 Å². The molecule has 1 aliphatic rings. The van der Waals surface area contributed by atoms with E-state index in [1.807, 2.05) is 78.9 Å². The third kappa shape index (κ3) is 5.38. The van der Waals surface area contributed by atoms with Crippen LogP contribution in [0.15, 0.2) is 128 Å². The van der Waals surface area contributed by atoms with Gasteiger partial charge in [0.05, 0.1) is 16.7 Å². The van der Waals surface area contributed by atoms with E-state index in [-0.39, 0.29) is 17.8 Å². The van der Waals surface area contributed by atoms with E-state index in [9.17, 15) is 10.1 Å². The number of furan rings is 1. The third-order valence-corrected chi connectivity index (χ3v) is 8.40. The Morgan fingerprint density at radius 1 is 0.925 bits per heavy atom. The summed E-state index contributed by atoms with van der Waals surface area (Å²) in [6.07, 6.45) is 1.78. The fourth-order valence-corrected chi connectivity index (χ4v) is 6.08. The number of aromatic nitrogens is 1. The first kappa shape index (κ1) is 26.2. The van der Waals surface area contributed by atoms with Gasteiger partial charge in [-0.1, -0.05) is 45.9 Å². The summed E-state index contributed by atoms with van der Waals surface area (Å²) < 4.78 is 7.44. The molecule has 1 saturated heterocycles. The predicted molar refractivity (Wildman–Crippen MR) is 163 cm³/mol. The molecule has 2 atom stereocenters. The van der Waals surface area contributed by atoms with Crippen molar-refractivity contribution in [3.8, 4) is 11.3 Å². The Morgan fingerprint density at radius 2 is 1.62 bits per heavy atom. The minimum Gasteiger partial charge on any atom is -0.459 e. The molecule has 40 heavy (non-hydrogen) atoms. The van der Waals surface area contributed by atoms with Gasteiger partial charge in [0.25, 0.3) is 5.69 Å². The zero-order valence-corrected chi connectivity index (χ0v) is 24.0. The molecule has 2 aromatic heterocycles. The molecule has 1 aliphatic heterocycles. The summed E-state index contributed by atoms with van der Waals surface area (Å²) >= 11 is 10.9. The Bertz CT molecular complexity index is 1660. The molecule has 10 heteroatoms. The molecule has 2 unspecified atom stereocenters. The van der Waals surface area contributed by atoms with Crippen LogP contribution in [-0.2, 0) is 0 Å². The highest BCUT2D eigenvalue weighted by molar-refractivity contribution is 9.10. The standard InChI is InChI=1S/C30H21BrN4O3S2/c31-20-6-4-19(5-7-20)26-16-17-27(38-26)29-28(25-3-1-2-18-32-25)33-30(39)34(29)21-8-12-23(13-9-21)40-24-14-10-22(11-15-24)35(36)37/h1-18,28-29H,(H,33,39). The molecule has 7 nitrogen and oxygen atoms in total. The van der Waals surface area contributed by atoms with Gasteiger partial charge in [-0.25, -0.2) is 0 Å². The highest BCUT2D eigenvalue weighted by Gasteiger charge is 2.42. The van der Waals surface area contributed by atoms with E-state index in [0.29, 0.717) is 5.11 Å². The van der Waals surface area contributed by atoms with Crippen molar-refractivity contribution in [3.05, 3.63) is 135 Å². The van der Waals surface area contributed by atoms with E-state index in [4.69, 9.17) is 16.6 Å². The van der Waals surface area contributed by atoms with Crippen LogP contribution in [0.25, 0.3) is 11.3 Å². The SMILES string of the molecule is O=[N+]([O-])c1ccc(Sc2ccc(N3C(=S)NC(c4ccccn4)C3c3ccc(-c4ccc(Br)cc4)o3)cc2)cc1. The highest BCUT2D eigenvalue weighted by Crippen LogP contribution is 2.43. The Kier molecular flexibility index (Phi) is 7.38. The van der Waals surface area contributed by atoms with Crippen LogP contribution in [-0.4, -0.2) is 15.0 Å². The zero-order valence-electron chi connectivity index (χ0n) is 20.8. The van der Waals surface area contributed by atoms with Crippen LogP contribution in [0, 0.1) is 10.1 Å². The summed E-state index contributed by atoms with van der Waals surface area (Å²) in [5.41, 5.74) is 2.83. The number of hydrogen-bond acceptors (Lipinski definition) is 6. The third-order valence-electron chi connectivity index (χ3n) is 6.54. The summed E-state index contributed by atoms with van der Waals surface area (Å²) in [5, 5.41) is 15.0. The number of nitro benzene ring substituents is 1. The number of benzene rings is 3. The normalized spacial score (nSPS) is 16.6. The minimum absolute atomic E-state index is 0.0736. The molecule has 1 N–H and O–H groups in total. The van der Waals surface area contributed by atoms with Crippen molar-refractivity contribution in [2.24, 2.45) is 0 Å². The fraction of sp³-hybridized carbons (Fsp3) is 0.0667. The Labute approximate surface area is 248 Å². The fourth-order valence-electron chi connectivity index (χ4n) is 4.65. The average molecular weight is 630 g/mol. The van der Waals surface area contributed by atoms with Crippen LogP contribution in [0.1, 0.15) is 23.5 Å². The van der Waals surface area contributed by atoms with E-state index < -0.39 is 4.92 Å². The van der Waals surface area contributed by atoms with Gasteiger partial charge < -0.3 is 14.6 Å². The van der Waals surface area contributed by atoms with Gasteiger partial charge in [0.15, 0.2) is 5.11 Å². The number of rotatable bonds is 7. The number of thiocarbonyl (C=S) groups is 1. The van der Waals surface area contributed by atoms with Gasteiger partial charge in [0.1, 0.15) is 17.6 Å². The smallest absolute Gasteiger partial charge is 0.269 e. The zero-order chi connectivity index (χ0) is 27.6. The van der Waals surface area contributed by atoms with Gasteiger partial charge in [-0.2, -0.15) is 0 Å². The molecule has 3 heterocycles. The van der Waals surface area contributed by atoms with Crippen molar-refractivity contribution in [1.29, 1.82) is 0 Å². The maximum absolute atomic E-state index is 11.0. The van der Waals surface area contributed by atoms with Gasteiger partial charge in [-0.3, -0.25) is 15.1 Å². The largest absolute Gasteiger partial charge is 0.459 e. The first-order valence-electron chi connectivity index (χ1n) is 12.3. The number of pyridine rings is 1. The summed E-state index contributed by atoms with van der Waals surface area (Å²) in [6, 6.07) is 32.0. The number of nitrogens with one attached hydrogen (secondary N) is 1. The van der Waals surface area contributed by atoms with Crippen molar-refractivity contribution in [1.82, 2.24) is 10.3 Å². The predicted octanol–water partition coefficient (Wildman–Crippen LogP) is 8.34. The molecule has 0 saturated carbocycles. The van der Waals surface area contributed by atoms with Gasteiger partial charge >= 0.3 is 0 Å². The summed E-state index contributed by atoms with van der Waals surface area (Å²) in [4.78, 5) is 19.2. The molecule has 0 spiro atoms. The molecule has 3 aromatic carbocycles. The van der Waals surface area contributed by atoms with Gasteiger partial charge in [-0.05, 0) is 85.0 Å². The second-order valence-electron chi connectivity index (χ2n) is 9.05. The molecule has 0 aliphatic carbocycles. The van der Waals surface area contributed by atoms with Crippen LogP contribution in [0.4, 0.5) is 11.4 Å². The van der Waals surface area contributed by atoms with Crippen molar-refractivity contribution >= 4 is 56.4 Å². The summed E-state index contributed by atoms with van der Waals surface area (Å²) in [7, 11) is 0. The Balaban J connectivity index is 1.31. The van der Waals surface area contributed by atoms with Gasteiger partial charge in [0.2, 0.25) is 0 Å². The summed E-state index contributed by atoms with van der Waals surface area (Å²) in [6.45, 7) is 0. The molecule has 6 rings (SSSR count). The van der Waals surface area contributed by atoms with Crippen LogP contribution in [0.3, 0.4) is 0 Å². The number of anilines is 1. The van der Waals surface area contributed by atoms with Gasteiger partial charge in [0, 0.05) is 43.8 Å². The number of non-ortho nitro benzene ring substituents is 1. The van der Waals surface area contributed by atoms with Crippen LogP contribution >= 0.6 is 39.9 Å². The lowest BCUT2D eigenvalue weighted by molar-refractivity contribution is -0.384. The molecule has 1 fully saturated rings. The maximum Gasteiger partial charge on any atom is 0.269 e. The van der Waals surface area contributed by atoms with Crippen LogP contribution < -0.4 is 10.2 Å². The topological polar surface area (TPSA) is 84.4 Å². The highest BCUT2D eigenvalue weighted by atomic mass is 79.9. The monoisotopic (exact) mass is 628 g/mol. The number of nitro groups is 1. The Morgan fingerprint density at radius 3 is 2.27 bits per heavy atom. The number of nitrogens with zero attached hydrogens (tertiary/aromatic N) is 3. The Hall–Kier alpha value is -3.99. The van der Waals surface area contributed by atoms with Crippen molar-refractivity contribution < 1.29 is 9.34 Å². The number of halogens is 1. The van der Waals surface area contributed by atoms with E-state index in [2.05, 4.69) is 31.1 Å². The molecule has 5 aromatic rings. The van der Waals surface area contributed by atoms with Crippen molar-refractivity contribution in [2.45, 2.75) is 21.9 Å². The molecule has 198 valence electrons. The second-order valence-corrected chi connectivity index (χ2v) is 11.5. The van der Waals surface area contributed by atoms with E-state index >= 15 is 0 Å². The lowest BCUT2D eigenvalue weighted by atomic mass is 10.0. The van der Waals surface area contributed by atoms with Crippen LogP contribution in [0.2, 0.25) is 0 Å². The van der Waals surface area contributed by atoms with Crippen molar-refractivity contribution in [2.75, 3.05) is 4.90 Å². The second kappa shape index (κ2) is 11.2. The molecule has 0 bridgehead atoms. The van der Waals surface area contributed by atoms with Crippen LogP contribution in [0.5, 0.6) is 0 Å². The number of hydrogen-bond donors (Lipinski definition) is 1. The molecule has 0 amide bonds. The molecular weight excluding hydrogens is 608 g/mol. The first-order chi connectivity index (χ1) is 19.5.